The summed E-state index contributed by atoms with van der Waals surface area (Å²) >= 11 is 0. The minimum atomic E-state index is -4.74. The summed E-state index contributed by atoms with van der Waals surface area (Å²) in [5, 5.41) is 12.9. The van der Waals surface area contributed by atoms with Crippen LogP contribution in [-0.4, -0.2) is 24.0 Å². The smallest absolute Gasteiger partial charge is 0.466 e. The van der Waals surface area contributed by atoms with Crippen molar-refractivity contribution in [2.75, 3.05) is 11.9 Å². The Morgan fingerprint density at radius 3 is 2.44 bits per heavy atom. The SMILES string of the molecule is CC(O)(CN=C(N)Nc1ccc(OC(F)(F)F)cc1)c1ccco1.I. The van der Waals surface area contributed by atoms with Crippen molar-refractivity contribution in [3.8, 4) is 5.75 Å². The van der Waals surface area contributed by atoms with E-state index in [1.54, 1.807) is 12.1 Å². The molecule has 1 unspecified atom stereocenters. The van der Waals surface area contributed by atoms with Crippen molar-refractivity contribution >= 4 is 35.6 Å². The van der Waals surface area contributed by atoms with Crippen molar-refractivity contribution in [1.29, 1.82) is 0 Å². The number of hydrogen-bond donors (Lipinski definition) is 3. The molecule has 10 heteroatoms. The van der Waals surface area contributed by atoms with Gasteiger partial charge in [0, 0.05) is 5.69 Å². The van der Waals surface area contributed by atoms with Crippen LogP contribution >= 0.6 is 24.0 Å². The number of rotatable bonds is 5. The van der Waals surface area contributed by atoms with E-state index in [1.807, 2.05) is 0 Å². The minimum absolute atomic E-state index is 0. The first kappa shape index (κ1) is 21.1. The second kappa shape index (κ2) is 8.43. The molecule has 0 spiro atoms. The number of furan rings is 1. The van der Waals surface area contributed by atoms with E-state index < -0.39 is 12.0 Å². The standard InChI is InChI=1S/C15H16F3N3O3.HI/c1-14(22,12-3-2-8-23-12)9-20-13(19)21-10-4-6-11(7-5-10)24-15(16,17)18;/h2-8,22H,9H2,1H3,(H3,19,20,21);1H. The maximum Gasteiger partial charge on any atom is 0.573 e. The Morgan fingerprint density at radius 1 is 1.28 bits per heavy atom. The molecule has 1 atom stereocenters. The molecule has 25 heavy (non-hydrogen) atoms. The van der Waals surface area contributed by atoms with Crippen LogP contribution in [0.4, 0.5) is 18.9 Å². The van der Waals surface area contributed by atoms with Gasteiger partial charge in [0.1, 0.15) is 17.1 Å². The lowest BCUT2D eigenvalue weighted by molar-refractivity contribution is -0.274. The van der Waals surface area contributed by atoms with Gasteiger partial charge in [0.2, 0.25) is 0 Å². The summed E-state index contributed by atoms with van der Waals surface area (Å²) in [5.41, 5.74) is 4.78. The number of ether oxygens (including phenoxy) is 1. The third-order valence-corrected chi connectivity index (χ3v) is 2.97. The number of nitrogens with zero attached hydrogens (tertiary/aromatic N) is 1. The van der Waals surface area contributed by atoms with Gasteiger partial charge in [0.25, 0.3) is 0 Å². The highest BCUT2D eigenvalue weighted by Gasteiger charge is 2.31. The second-order valence-corrected chi connectivity index (χ2v) is 5.15. The van der Waals surface area contributed by atoms with Gasteiger partial charge >= 0.3 is 6.36 Å². The number of halogens is 4. The Kier molecular flexibility index (Phi) is 7.11. The number of guanidine groups is 1. The molecule has 0 aliphatic heterocycles. The average Bonchev–Trinajstić information content (AvgIpc) is 3.01. The number of anilines is 1. The zero-order valence-corrected chi connectivity index (χ0v) is 15.4. The number of nitrogens with two attached hydrogens (primary N) is 1. The summed E-state index contributed by atoms with van der Waals surface area (Å²) in [7, 11) is 0. The van der Waals surface area contributed by atoms with Crippen LogP contribution in [0.25, 0.3) is 0 Å². The molecule has 0 saturated carbocycles. The molecule has 4 N–H and O–H groups in total. The van der Waals surface area contributed by atoms with Crippen molar-refractivity contribution in [3.05, 3.63) is 48.4 Å². The monoisotopic (exact) mass is 471 g/mol. The van der Waals surface area contributed by atoms with Crippen molar-refractivity contribution in [2.45, 2.75) is 18.9 Å². The normalized spacial score (nSPS) is 14.4. The fraction of sp³-hybridized carbons (Fsp3) is 0.267. The highest BCUT2D eigenvalue weighted by atomic mass is 127. The van der Waals surface area contributed by atoms with E-state index in [2.05, 4.69) is 15.0 Å². The van der Waals surface area contributed by atoms with E-state index in [0.717, 1.165) is 12.1 Å². The number of aliphatic hydroxyl groups is 1. The number of benzene rings is 1. The Labute approximate surface area is 158 Å². The molecule has 2 aromatic rings. The van der Waals surface area contributed by atoms with Crippen molar-refractivity contribution < 1.29 is 27.4 Å². The first-order valence-electron chi connectivity index (χ1n) is 6.85. The molecular weight excluding hydrogens is 454 g/mol. The third kappa shape index (κ3) is 6.82. The van der Waals surface area contributed by atoms with Crippen LogP contribution in [0.5, 0.6) is 5.75 Å². The van der Waals surface area contributed by atoms with Crippen LogP contribution < -0.4 is 15.8 Å². The summed E-state index contributed by atoms with van der Waals surface area (Å²) in [6.07, 6.45) is -3.31. The van der Waals surface area contributed by atoms with Gasteiger partial charge in [-0.1, -0.05) is 0 Å². The van der Waals surface area contributed by atoms with E-state index >= 15 is 0 Å². The lowest BCUT2D eigenvalue weighted by Gasteiger charge is -2.18. The summed E-state index contributed by atoms with van der Waals surface area (Å²) in [5.74, 6) is -0.0108. The van der Waals surface area contributed by atoms with E-state index in [9.17, 15) is 18.3 Å². The lowest BCUT2D eigenvalue weighted by Crippen LogP contribution is -2.29. The lowest BCUT2D eigenvalue weighted by atomic mass is 10.0. The summed E-state index contributed by atoms with van der Waals surface area (Å²) in [6.45, 7) is 1.46. The van der Waals surface area contributed by atoms with Crippen molar-refractivity contribution in [1.82, 2.24) is 0 Å². The molecule has 0 bridgehead atoms. The Balaban J connectivity index is 0.00000312. The van der Waals surface area contributed by atoms with Gasteiger partial charge in [0.05, 0.1) is 12.8 Å². The van der Waals surface area contributed by atoms with Gasteiger partial charge < -0.3 is 25.3 Å². The van der Waals surface area contributed by atoms with E-state index in [4.69, 9.17) is 10.2 Å². The highest BCUT2D eigenvalue weighted by molar-refractivity contribution is 14.0. The molecule has 0 aliphatic carbocycles. The van der Waals surface area contributed by atoms with E-state index in [-0.39, 0.29) is 42.2 Å². The Bertz CT molecular complexity index is 686. The second-order valence-electron chi connectivity index (χ2n) is 5.15. The molecule has 138 valence electrons. The molecule has 1 aromatic carbocycles. The van der Waals surface area contributed by atoms with Crippen LogP contribution in [0.15, 0.2) is 52.1 Å². The van der Waals surface area contributed by atoms with Gasteiger partial charge in [-0.2, -0.15) is 0 Å². The molecule has 0 fully saturated rings. The number of nitrogens with one attached hydrogen (secondary N) is 1. The number of aliphatic imine (C=N–C) groups is 1. The molecule has 0 radical (unpaired) electrons. The molecule has 1 aromatic heterocycles. The first-order valence-corrected chi connectivity index (χ1v) is 6.85. The quantitative estimate of drug-likeness (QED) is 0.353. The van der Waals surface area contributed by atoms with Gasteiger partial charge in [-0.25, -0.2) is 4.99 Å². The zero-order valence-electron chi connectivity index (χ0n) is 13.1. The zero-order chi connectivity index (χ0) is 17.8. The number of alkyl halides is 3. The average molecular weight is 471 g/mol. The molecule has 0 amide bonds. The largest absolute Gasteiger partial charge is 0.573 e. The van der Waals surface area contributed by atoms with Crippen molar-refractivity contribution in [3.63, 3.8) is 0 Å². The van der Waals surface area contributed by atoms with Gasteiger partial charge in [-0.3, -0.25) is 0 Å². The molecule has 2 rings (SSSR count). The Morgan fingerprint density at radius 2 is 1.92 bits per heavy atom. The first-order chi connectivity index (χ1) is 11.2. The Hall–Kier alpha value is -1.95. The summed E-state index contributed by atoms with van der Waals surface area (Å²) < 4.78 is 45.1. The van der Waals surface area contributed by atoms with Crippen LogP contribution in [0.2, 0.25) is 0 Å². The van der Waals surface area contributed by atoms with E-state index in [0.29, 0.717) is 11.4 Å². The maximum atomic E-state index is 12.1. The molecule has 1 heterocycles. The highest BCUT2D eigenvalue weighted by Crippen LogP contribution is 2.24. The third-order valence-electron chi connectivity index (χ3n) is 2.97. The van der Waals surface area contributed by atoms with Crippen LogP contribution in [0.1, 0.15) is 12.7 Å². The van der Waals surface area contributed by atoms with Crippen molar-refractivity contribution in [2.24, 2.45) is 10.7 Å². The molecular formula is C15H17F3IN3O3. The molecule has 0 saturated heterocycles. The van der Waals surface area contributed by atoms with Crippen LogP contribution in [-0.2, 0) is 5.60 Å². The predicted molar refractivity (Wildman–Crippen MR) is 96.9 cm³/mol. The maximum absolute atomic E-state index is 12.1. The molecule has 6 nitrogen and oxygen atoms in total. The predicted octanol–water partition coefficient (Wildman–Crippen LogP) is 3.43. The van der Waals surface area contributed by atoms with Gasteiger partial charge in [0.15, 0.2) is 5.96 Å². The van der Waals surface area contributed by atoms with Crippen LogP contribution in [0, 0.1) is 0 Å². The van der Waals surface area contributed by atoms with Gasteiger partial charge in [-0.15, -0.1) is 37.1 Å². The van der Waals surface area contributed by atoms with E-state index in [1.165, 1.54) is 25.3 Å². The fourth-order valence-electron chi connectivity index (χ4n) is 1.83. The van der Waals surface area contributed by atoms with Crippen LogP contribution in [0.3, 0.4) is 0 Å². The topological polar surface area (TPSA) is 93.0 Å². The number of hydrogen-bond acceptors (Lipinski definition) is 4. The summed E-state index contributed by atoms with van der Waals surface area (Å²) in [6, 6.07) is 8.24. The summed E-state index contributed by atoms with van der Waals surface area (Å²) in [4.78, 5) is 3.99. The minimum Gasteiger partial charge on any atom is -0.466 e. The fourth-order valence-corrected chi connectivity index (χ4v) is 1.83. The van der Waals surface area contributed by atoms with Gasteiger partial charge in [-0.05, 0) is 43.3 Å². The molecule has 0 aliphatic rings.